The minimum Gasteiger partial charge on any atom is -0.507 e. The third-order valence-electron chi connectivity index (χ3n) is 10.1. The highest BCUT2D eigenvalue weighted by Crippen LogP contribution is 2.67. The number of carbonyl (C=O) groups is 4. The summed E-state index contributed by atoms with van der Waals surface area (Å²) in [6.45, 7) is 1.49. The molecular weight excluding hydrogens is 716 g/mol. The van der Waals surface area contributed by atoms with E-state index in [4.69, 9.17) is 23.2 Å². The Bertz CT molecular complexity index is 2120. The number of benzene rings is 3. The van der Waals surface area contributed by atoms with E-state index in [1.54, 1.807) is 0 Å². The lowest BCUT2D eigenvalue weighted by Crippen LogP contribution is -2.60. The second-order valence-electron chi connectivity index (χ2n) is 12.5. The Hall–Kier alpha value is -4.89. The minimum absolute atomic E-state index is 0.00197. The number of fused-ring (bicyclic) bond motifs is 4. The monoisotopic (exact) mass is 735 g/mol. The summed E-state index contributed by atoms with van der Waals surface area (Å²) in [6, 6.07) is 8.84. The average molecular weight is 736 g/mol. The Labute approximate surface area is 287 Å². The zero-order valence-electron chi connectivity index (χ0n) is 25.2. The number of aromatic hydroxyl groups is 1. The molecule has 4 aliphatic rings. The van der Waals surface area contributed by atoms with Crippen molar-refractivity contribution in [3.05, 3.63) is 104 Å². The summed E-state index contributed by atoms with van der Waals surface area (Å²) in [5.41, 5.74) is -1.92. The quantitative estimate of drug-likeness (QED) is 0.0502. The average Bonchev–Trinajstić information content (AvgIpc) is 3.42. The SMILES string of the molecule is Cc1cccc(C2C3=CCC4C(=O)N(c5ccc([N+](=O)[O-])cc5)C(=O)C4C3CC3(Cl)C(=O)N(c4c(F)c(F)c(F)c(F)c4F)C(=O)C23Cl)c1O. The van der Waals surface area contributed by atoms with Gasteiger partial charge in [-0.15, -0.1) is 23.2 Å². The van der Waals surface area contributed by atoms with E-state index < -0.39 is 109 Å². The van der Waals surface area contributed by atoms with Gasteiger partial charge in [0.2, 0.25) is 17.6 Å². The van der Waals surface area contributed by atoms with E-state index in [1.807, 2.05) is 0 Å². The van der Waals surface area contributed by atoms with E-state index in [0.717, 1.165) is 17.0 Å². The van der Waals surface area contributed by atoms with Gasteiger partial charge in [-0.1, -0.05) is 29.8 Å². The van der Waals surface area contributed by atoms with Crippen molar-refractivity contribution in [3.8, 4) is 5.75 Å². The van der Waals surface area contributed by atoms with Gasteiger partial charge >= 0.3 is 0 Å². The van der Waals surface area contributed by atoms with E-state index in [2.05, 4.69) is 0 Å². The second-order valence-corrected chi connectivity index (χ2v) is 13.7. The summed E-state index contributed by atoms with van der Waals surface area (Å²) in [4.78, 5) is 61.9. The molecule has 3 fully saturated rings. The van der Waals surface area contributed by atoms with Crippen LogP contribution in [0.15, 0.2) is 54.1 Å². The molecule has 2 aliphatic heterocycles. The zero-order valence-corrected chi connectivity index (χ0v) is 26.7. The lowest BCUT2D eigenvalue weighted by molar-refractivity contribution is -0.384. The Morgan fingerprint density at radius 2 is 1.44 bits per heavy atom. The van der Waals surface area contributed by atoms with E-state index in [1.165, 1.54) is 43.3 Å². The summed E-state index contributed by atoms with van der Waals surface area (Å²) in [6.07, 6.45) is 0.638. The van der Waals surface area contributed by atoms with Gasteiger partial charge in [-0.25, -0.2) is 26.9 Å². The maximum absolute atomic E-state index is 15.2. The zero-order chi connectivity index (χ0) is 36.4. The Morgan fingerprint density at radius 3 is 2.04 bits per heavy atom. The molecule has 4 amide bonds. The maximum atomic E-state index is 15.2. The number of alkyl halides is 2. The van der Waals surface area contributed by atoms with Gasteiger partial charge in [0.15, 0.2) is 33.0 Å². The number of nitrogens with zero attached hydrogens (tertiary/aromatic N) is 3. The number of phenols is 1. The third kappa shape index (κ3) is 4.13. The Kier molecular flexibility index (Phi) is 7.43. The molecule has 0 spiro atoms. The van der Waals surface area contributed by atoms with Gasteiger partial charge in [0.25, 0.3) is 17.5 Å². The van der Waals surface area contributed by atoms with Gasteiger partial charge in [0.05, 0.1) is 22.4 Å². The number of imide groups is 2. The molecule has 50 heavy (non-hydrogen) atoms. The van der Waals surface area contributed by atoms with E-state index in [0.29, 0.717) is 0 Å². The number of halogens is 7. The molecule has 7 rings (SSSR count). The molecule has 2 aliphatic carbocycles. The number of para-hydroxylation sites is 1. The standard InChI is InChI=1S/C33H20Cl2F5N3O7/c1-12-3-2-4-17(27(12)44)20-15-9-10-16-19(29(46)41(28(16)45)13-5-7-14(8-6-13)43(49)50)18(15)11-32(34)30(47)42(31(48)33(20,32)35)26-24(39)22(37)21(36)23(38)25(26)40/h2-9,16,18-20,44H,10-11H2,1H3. The van der Waals surface area contributed by atoms with Crippen molar-refractivity contribution >= 4 is 63.9 Å². The van der Waals surface area contributed by atoms with Gasteiger partial charge in [-0.05, 0) is 43.4 Å². The van der Waals surface area contributed by atoms with Crippen LogP contribution in [0, 0.1) is 63.9 Å². The first-order valence-corrected chi connectivity index (χ1v) is 15.6. The van der Waals surface area contributed by atoms with E-state index >= 15 is 8.78 Å². The van der Waals surface area contributed by atoms with Crippen molar-refractivity contribution in [1.82, 2.24) is 0 Å². The predicted octanol–water partition coefficient (Wildman–Crippen LogP) is 6.07. The molecule has 2 heterocycles. The topological polar surface area (TPSA) is 138 Å². The molecule has 0 aromatic heterocycles. The number of phenolic OH excluding ortho intramolecular Hbond substituents is 1. The summed E-state index contributed by atoms with van der Waals surface area (Å²) in [7, 11) is 0. The largest absolute Gasteiger partial charge is 0.507 e. The van der Waals surface area contributed by atoms with Crippen LogP contribution in [0.1, 0.15) is 29.9 Å². The molecule has 1 N–H and O–H groups in total. The molecule has 0 bridgehead atoms. The summed E-state index contributed by atoms with van der Waals surface area (Å²) in [5.74, 6) is -22.9. The highest BCUT2D eigenvalue weighted by Gasteiger charge is 2.77. The summed E-state index contributed by atoms with van der Waals surface area (Å²) < 4.78 is 73.1. The van der Waals surface area contributed by atoms with Crippen LogP contribution in [0.5, 0.6) is 5.75 Å². The first-order chi connectivity index (χ1) is 23.5. The molecule has 3 aromatic carbocycles. The molecule has 0 radical (unpaired) electrons. The molecule has 10 nitrogen and oxygen atoms in total. The third-order valence-corrected chi connectivity index (χ3v) is 11.5. The number of rotatable bonds is 4. The summed E-state index contributed by atoms with van der Waals surface area (Å²) >= 11 is 14.1. The fourth-order valence-electron chi connectivity index (χ4n) is 7.80. The second kappa shape index (κ2) is 11.1. The smallest absolute Gasteiger partial charge is 0.269 e. The van der Waals surface area contributed by atoms with Crippen LogP contribution in [0.25, 0.3) is 0 Å². The van der Waals surface area contributed by atoms with Gasteiger partial charge in [-0.2, -0.15) is 0 Å². The number of allylic oxidation sites excluding steroid dienone is 2. The van der Waals surface area contributed by atoms with Crippen molar-refractivity contribution in [2.45, 2.75) is 35.4 Å². The van der Waals surface area contributed by atoms with E-state index in [-0.39, 0.29) is 39.4 Å². The van der Waals surface area contributed by atoms with Crippen molar-refractivity contribution in [1.29, 1.82) is 0 Å². The fraction of sp³-hybridized carbons (Fsp3) is 0.273. The molecular formula is C33H20Cl2F5N3O7. The number of hydrogen-bond acceptors (Lipinski definition) is 7. The number of hydrogen-bond donors (Lipinski definition) is 1. The van der Waals surface area contributed by atoms with Crippen LogP contribution < -0.4 is 9.80 Å². The number of non-ortho nitro benzene ring substituents is 1. The lowest BCUT2D eigenvalue weighted by atomic mass is 9.56. The predicted molar refractivity (Wildman–Crippen MR) is 165 cm³/mol. The van der Waals surface area contributed by atoms with Crippen molar-refractivity contribution in [2.75, 3.05) is 9.80 Å². The van der Waals surface area contributed by atoms with Gasteiger partial charge < -0.3 is 5.11 Å². The van der Waals surface area contributed by atoms with Crippen LogP contribution in [-0.4, -0.2) is 43.4 Å². The van der Waals surface area contributed by atoms with Crippen LogP contribution in [0.2, 0.25) is 0 Å². The first kappa shape index (κ1) is 33.6. The molecule has 17 heteroatoms. The maximum Gasteiger partial charge on any atom is 0.269 e. The van der Waals surface area contributed by atoms with Gasteiger partial charge in [0.1, 0.15) is 11.4 Å². The van der Waals surface area contributed by atoms with Gasteiger partial charge in [-0.3, -0.25) is 34.2 Å². The number of carbonyl (C=O) groups excluding carboxylic acids is 4. The minimum atomic E-state index is -2.78. The van der Waals surface area contributed by atoms with Crippen molar-refractivity contribution < 1.29 is 51.2 Å². The van der Waals surface area contributed by atoms with E-state index in [9.17, 15) is 47.6 Å². The molecule has 2 saturated heterocycles. The Morgan fingerprint density at radius 1 is 0.840 bits per heavy atom. The Balaban J connectivity index is 1.42. The van der Waals surface area contributed by atoms with Crippen LogP contribution >= 0.6 is 23.2 Å². The van der Waals surface area contributed by atoms with Crippen LogP contribution in [-0.2, 0) is 19.2 Å². The number of nitro groups is 1. The van der Waals surface area contributed by atoms with Crippen molar-refractivity contribution in [3.63, 3.8) is 0 Å². The van der Waals surface area contributed by atoms with Crippen LogP contribution in [0.4, 0.5) is 39.0 Å². The van der Waals surface area contributed by atoms with Gasteiger partial charge in [0, 0.05) is 23.6 Å². The highest BCUT2D eigenvalue weighted by molar-refractivity contribution is 6.58. The van der Waals surface area contributed by atoms with Crippen LogP contribution in [0.3, 0.4) is 0 Å². The molecule has 6 unspecified atom stereocenters. The normalized spacial score (nSPS) is 28.8. The van der Waals surface area contributed by atoms with Crippen molar-refractivity contribution in [2.24, 2.45) is 17.8 Å². The molecule has 6 atom stereocenters. The highest BCUT2D eigenvalue weighted by atomic mass is 35.5. The molecule has 1 saturated carbocycles. The fourth-order valence-corrected chi connectivity index (χ4v) is 8.73. The number of nitro benzene ring substituents is 1. The first-order valence-electron chi connectivity index (χ1n) is 14.9. The molecule has 3 aromatic rings. The number of aryl methyl sites for hydroxylation is 1. The number of anilines is 2. The molecule has 258 valence electrons. The number of amides is 4. The summed E-state index contributed by atoms with van der Waals surface area (Å²) in [5, 5.41) is 22.4. The lowest BCUT2D eigenvalue weighted by Gasteiger charge is -2.50.